The van der Waals surface area contributed by atoms with Crippen molar-refractivity contribution in [2.75, 3.05) is 26.7 Å². The Morgan fingerprint density at radius 2 is 1.78 bits per heavy atom. The van der Waals surface area contributed by atoms with Crippen LogP contribution in [0.25, 0.3) is 0 Å². The van der Waals surface area contributed by atoms with E-state index in [0.29, 0.717) is 23.9 Å². The molecule has 2 aliphatic heterocycles. The van der Waals surface area contributed by atoms with Gasteiger partial charge >= 0.3 is 6.18 Å². The number of halogens is 4. The highest BCUT2D eigenvalue weighted by Gasteiger charge is 2.46. The number of hydrogen-bond donors (Lipinski definition) is 0. The van der Waals surface area contributed by atoms with E-state index in [2.05, 4.69) is 16.8 Å². The summed E-state index contributed by atoms with van der Waals surface area (Å²) >= 11 is 0. The molecule has 2 aromatic carbocycles. The second-order valence-electron chi connectivity index (χ2n) is 7.76. The Kier molecular flexibility index (Phi) is 4.72. The summed E-state index contributed by atoms with van der Waals surface area (Å²) in [4.78, 5) is 4.50. The monoisotopic (exact) mass is 378 g/mol. The average Bonchev–Trinajstić information content (AvgIpc) is 3.09. The Morgan fingerprint density at radius 3 is 2.52 bits per heavy atom. The average molecular weight is 378 g/mol. The summed E-state index contributed by atoms with van der Waals surface area (Å²) in [6.07, 6.45) is -4.32. The summed E-state index contributed by atoms with van der Waals surface area (Å²) in [5.41, 5.74) is 1.06. The van der Waals surface area contributed by atoms with Crippen LogP contribution in [0.1, 0.15) is 22.7 Å². The van der Waals surface area contributed by atoms with Crippen molar-refractivity contribution in [1.29, 1.82) is 0 Å². The fourth-order valence-corrected chi connectivity index (χ4v) is 4.78. The summed E-state index contributed by atoms with van der Waals surface area (Å²) < 4.78 is 52.5. The van der Waals surface area contributed by atoms with E-state index in [4.69, 9.17) is 0 Å². The van der Waals surface area contributed by atoms with E-state index >= 15 is 0 Å². The predicted molar refractivity (Wildman–Crippen MR) is 95.5 cm³/mol. The maximum absolute atomic E-state index is 13.7. The van der Waals surface area contributed by atoms with Gasteiger partial charge in [0.15, 0.2) is 0 Å². The van der Waals surface area contributed by atoms with Crippen LogP contribution in [0.15, 0.2) is 48.5 Å². The molecule has 2 heterocycles. The molecule has 0 amide bonds. The van der Waals surface area contributed by atoms with Gasteiger partial charge in [-0.15, -0.1) is 0 Å². The third kappa shape index (κ3) is 3.73. The van der Waals surface area contributed by atoms with Crippen molar-refractivity contribution in [3.63, 3.8) is 0 Å². The zero-order valence-corrected chi connectivity index (χ0v) is 15.1. The maximum Gasteiger partial charge on any atom is 0.416 e. The third-order valence-corrected chi connectivity index (χ3v) is 5.82. The number of benzene rings is 2. The molecule has 0 unspecified atom stereocenters. The Morgan fingerprint density at radius 1 is 1.00 bits per heavy atom. The van der Waals surface area contributed by atoms with Gasteiger partial charge < -0.3 is 0 Å². The van der Waals surface area contributed by atoms with Crippen LogP contribution in [-0.4, -0.2) is 36.5 Å². The summed E-state index contributed by atoms with van der Waals surface area (Å²) in [5, 5.41) is 0. The first-order chi connectivity index (χ1) is 12.8. The predicted octanol–water partition coefficient (Wildman–Crippen LogP) is 4.58. The zero-order chi connectivity index (χ0) is 19.2. The quantitative estimate of drug-likeness (QED) is 0.722. The van der Waals surface area contributed by atoms with E-state index in [0.717, 1.165) is 31.3 Å². The van der Waals surface area contributed by atoms with E-state index in [-0.39, 0.29) is 11.9 Å². The van der Waals surface area contributed by atoms with Gasteiger partial charge in [0.1, 0.15) is 5.82 Å². The number of hydrogen-bond acceptors (Lipinski definition) is 2. The van der Waals surface area contributed by atoms with Gasteiger partial charge in [0.05, 0.1) is 5.56 Å². The first-order valence-electron chi connectivity index (χ1n) is 9.15. The second kappa shape index (κ2) is 6.91. The highest BCUT2D eigenvalue weighted by Crippen LogP contribution is 2.44. The Bertz CT molecular complexity index is 820. The molecule has 2 fully saturated rings. The van der Waals surface area contributed by atoms with E-state index in [1.165, 1.54) is 18.2 Å². The van der Waals surface area contributed by atoms with Gasteiger partial charge in [0.2, 0.25) is 0 Å². The molecule has 0 aromatic heterocycles. The minimum atomic E-state index is -4.32. The summed E-state index contributed by atoms with van der Waals surface area (Å²) in [7, 11) is 2.06. The van der Waals surface area contributed by atoms with Crippen molar-refractivity contribution < 1.29 is 17.6 Å². The Balaban J connectivity index is 1.49. The summed E-state index contributed by atoms with van der Waals surface area (Å²) in [5.74, 6) is 0.583. The molecule has 2 nitrogen and oxygen atoms in total. The first kappa shape index (κ1) is 18.4. The van der Waals surface area contributed by atoms with Crippen molar-refractivity contribution in [2.24, 2.45) is 11.8 Å². The first-order valence-corrected chi connectivity index (χ1v) is 9.15. The molecule has 0 bridgehead atoms. The molecule has 6 heteroatoms. The van der Waals surface area contributed by atoms with Crippen molar-refractivity contribution >= 4 is 0 Å². The Hall–Kier alpha value is -1.92. The molecule has 144 valence electrons. The van der Waals surface area contributed by atoms with Crippen LogP contribution in [0.5, 0.6) is 0 Å². The van der Waals surface area contributed by atoms with Gasteiger partial charge in [-0.1, -0.05) is 30.3 Å². The molecule has 0 aliphatic carbocycles. The van der Waals surface area contributed by atoms with E-state index in [1.807, 2.05) is 6.07 Å². The molecular formula is C21H22F4N2. The van der Waals surface area contributed by atoms with E-state index in [1.54, 1.807) is 18.2 Å². The van der Waals surface area contributed by atoms with Crippen molar-refractivity contribution in [1.82, 2.24) is 9.80 Å². The lowest BCUT2D eigenvalue weighted by atomic mass is 9.89. The van der Waals surface area contributed by atoms with Gasteiger partial charge in [0, 0.05) is 32.2 Å². The fraction of sp³-hybridized carbons (Fsp3) is 0.429. The van der Waals surface area contributed by atoms with E-state index in [9.17, 15) is 17.6 Å². The molecule has 0 radical (unpaired) electrons. The number of likely N-dealkylation sites (tertiary alicyclic amines) is 2. The van der Waals surface area contributed by atoms with Crippen LogP contribution < -0.4 is 0 Å². The van der Waals surface area contributed by atoms with Gasteiger partial charge in [-0.25, -0.2) is 4.39 Å². The van der Waals surface area contributed by atoms with Gasteiger partial charge in [-0.05, 0) is 48.2 Å². The van der Waals surface area contributed by atoms with Crippen LogP contribution in [0.3, 0.4) is 0 Å². The Labute approximate surface area is 156 Å². The molecular weight excluding hydrogens is 356 g/mol. The molecule has 27 heavy (non-hydrogen) atoms. The zero-order valence-electron chi connectivity index (χ0n) is 15.1. The SMILES string of the molecule is CN1C[C@H]2CN(Cc3cccc(C(F)(F)F)c3)C[C@H]2[C@@H]1c1cccc(F)c1. The van der Waals surface area contributed by atoms with Crippen molar-refractivity contribution in [3.8, 4) is 0 Å². The molecule has 2 aromatic rings. The van der Waals surface area contributed by atoms with Crippen LogP contribution in [-0.2, 0) is 12.7 Å². The minimum absolute atomic E-state index is 0.150. The molecule has 2 aliphatic rings. The number of alkyl halides is 3. The lowest BCUT2D eigenvalue weighted by Gasteiger charge is -2.27. The topological polar surface area (TPSA) is 6.48 Å². The molecule has 2 saturated heterocycles. The molecule has 4 rings (SSSR count). The van der Waals surface area contributed by atoms with Crippen LogP contribution in [0.2, 0.25) is 0 Å². The number of fused-ring (bicyclic) bond motifs is 1. The molecule has 0 saturated carbocycles. The smallest absolute Gasteiger partial charge is 0.299 e. The highest BCUT2D eigenvalue weighted by molar-refractivity contribution is 5.27. The van der Waals surface area contributed by atoms with Gasteiger partial charge in [-0.2, -0.15) is 13.2 Å². The molecule has 0 N–H and O–H groups in total. The van der Waals surface area contributed by atoms with E-state index < -0.39 is 11.7 Å². The largest absolute Gasteiger partial charge is 0.416 e. The van der Waals surface area contributed by atoms with Crippen LogP contribution in [0.4, 0.5) is 17.6 Å². The second-order valence-corrected chi connectivity index (χ2v) is 7.76. The normalized spacial score (nSPS) is 26.5. The standard InChI is InChI=1S/C21H22F4N2/c1-26-11-16-12-27(10-14-4-2-6-17(8-14)21(23,24)25)13-19(16)20(26)15-5-3-7-18(22)9-15/h2-9,16,19-20H,10-13H2,1H3/t16-,19+,20-/m0/s1. The molecule has 3 atom stereocenters. The number of rotatable bonds is 3. The number of nitrogens with zero attached hydrogens (tertiary/aromatic N) is 2. The third-order valence-electron chi connectivity index (χ3n) is 5.82. The summed E-state index contributed by atoms with van der Waals surface area (Å²) in [6.45, 7) is 3.10. The van der Waals surface area contributed by atoms with Crippen LogP contribution >= 0.6 is 0 Å². The van der Waals surface area contributed by atoms with Crippen molar-refractivity contribution in [2.45, 2.75) is 18.8 Å². The highest BCUT2D eigenvalue weighted by atomic mass is 19.4. The summed E-state index contributed by atoms with van der Waals surface area (Å²) in [6, 6.07) is 12.5. The lowest BCUT2D eigenvalue weighted by Crippen LogP contribution is -2.29. The molecule has 0 spiro atoms. The van der Waals surface area contributed by atoms with Crippen LogP contribution in [0, 0.1) is 17.7 Å². The lowest BCUT2D eigenvalue weighted by molar-refractivity contribution is -0.137. The fourth-order valence-electron chi connectivity index (χ4n) is 4.78. The van der Waals surface area contributed by atoms with Crippen molar-refractivity contribution in [3.05, 3.63) is 71.0 Å². The maximum atomic E-state index is 13.7. The minimum Gasteiger partial charge on any atom is -0.299 e. The van der Waals surface area contributed by atoms with Gasteiger partial charge in [0.25, 0.3) is 0 Å². The van der Waals surface area contributed by atoms with Gasteiger partial charge in [-0.3, -0.25) is 9.80 Å².